The van der Waals surface area contributed by atoms with E-state index in [1.54, 1.807) is 19.1 Å². The SMILES string of the molecule is Cc1cc(Br)c(NC(=O)c2cccc(C)c2F)c(Br)c1. The van der Waals surface area contributed by atoms with Gasteiger partial charge in [-0.3, -0.25) is 4.79 Å². The van der Waals surface area contributed by atoms with Gasteiger partial charge in [0.2, 0.25) is 0 Å². The van der Waals surface area contributed by atoms with Crippen LogP contribution in [0, 0.1) is 19.7 Å². The van der Waals surface area contributed by atoms with E-state index >= 15 is 0 Å². The molecule has 0 unspecified atom stereocenters. The number of anilines is 1. The summed E-state index contributed by atoms with van der Waals surface area (Å²) in [5.41, 5.74) is 2.11. The van der Waals surface area contributed by atoms with E-state index in [1.807, 2.05) is 19.1 Å². The number of aryl methyl sites for hydroxylation is 2. The molecule has 0 fully saturated rings. The summed E-state index contributed by atoms with van der Waals surface area (Å²) in [6, 6.07) is 8.52. The quantitative estimate of drug-likeness (QED) is 0.735. The van der Waals surface area contributed by atoms with Crippen molar-refractivity contribution in [3.05, 3.63) is 61.8 Å². The Morgan fingerprint density at radius 2 is 1.75 bits per heavy atom. The standard InChI is InChI=1S/C15H12Br2FNO/c1-8-6-11(16)14(12(17)7-8)19-15(20)10-5-3-4-9(2)13(10)18/h3-7H,1-2H3,(H,19,20). The van der Waals surface area contributed by atoms with Gasteiger partial charge in [0.1, 0.15) is 5.82 Å². The third kappa shape index (κ3) is 3.10. The van der Waals surface area contributed by atoms with Crippen LogP contribution >= 0.6 is 31.9 Å². The van der Waals surface area contributed by atoms with Crippen molar-refractivity contribution in [1.29, 1.82) is 0 Å². The van der Waals surface area contributed by atoms with Gasteiger partial charge in [0, 0.05) is 8.95 Å². The van der Waals surface area contributed by atoms with E-state index < -0.39 is 11.7 Å². The number of amides is 1. The van der Waals surface area contributed by atoms with Gasteiger partial charge in [0.05, 0.1) is 11.3 Å². The lowest BCUT2D eigenvalue weighted by atomic mass is 10.1. The lowest BCUT2D eigenvalue weighted by Gasteiger charge is -2.11. The van der Waals surface area contributed by atoms with E-state index in [0.717, 1.165) is 14.5 Å². The lowest BCUT2D eigenvalue weighted by molar-refractivity contribution is 0.102. The fourth-order valence-corrected chi connectivity index (χ4v) is 3.44. The predicted octanol–water partition coefficient (Wildman–Crippen LogP) is 5.22. The van der Waals surface area contributed by atoms with Crippen LogP contribution < -0.4 is 5.32 Å². The van der Waals surface area contributed by atoms with Crippen molar-refractivity contribution in [3.63, 3.8) is 0 Å². The minimum atomic E-state index is -0.496. The van der Waals surface area contributed by atoms with E-state index in [4.69, 9.17) is 0 Å². The van der Waals surface area contributed by atoms with Crippen molar-refractivity contribution >= 4 is 43.5 Å². The Kier molecular flexibility index (Phi) is 4.60. The summed E-state index contributed by atoms with van der Waals surface area (Å²) >= 11 is 6.79. The smallest absolute Gasteiger partial charge is 0.258 e. The average molecular weight is 401 g/mol. The van der Waals surface area contributed by atoms with Crippen LogP contribution in [0.3, 0.4) is 0 Å². The average Bonchev–Trinajstić information content (AvgIpc) is 2.36. The third-order valence-electron chi connectivity index (χ3n) is 2.86. The molecular weight excluding hydrogens is 389 g/mol. The molecule has 20 heavy (non-hydrogen) atoms. The first-order valence-electron chi connectivity index (χ1n) is 5.92. The minimum Gasteiger partial charge on any atom is -0.320 e. The van der Waals surface area contributed by atoms with E-state index in [-0.39, 0.29) is 5.56 Å². The number of carbonyl (C=O) groups is 1. The molecule has 0 aromatic heterocycles. The van der Waals surface area contributed by atoms with Crippen molar-refractivity contribution in [2.24, 2.45) is 0 Å². The zero-order valence-electron chi connectivity index (χ0n) is 10.9. The van der Waals surface area contributed by atoms with Crippen LogP contribution in [-0.4, -0.2) is 5.91 Å². The van der Waals surface area contributed by atoms with Gasteiger partial charge in [-0.25, -0.2) is 4.39 Å². The lowest BCUT2D eigenvalue weighted by Crippen LogP contribution is -2.15. The summed E-state index contributed by atoms with van der Waals surface area (Å²) in [7, 11) is 0. The minimum absolute atomic E-state index is 0.0318. The number of halogens is 3. The van der Waals surface area contributed by atoms with E-state index in [9.17, 15) is 9.18 Å². The van der Waals surface area contributed by atoms with Crippen LogP contribution in [0.25, 0.3) is 0 Å². The van der Waals surface area contributed by atoms with Crippen molar-refractivity contribution in [3.8, 4) is 0 Å². The Labute approximate surface area is 133 Å². The van der Waals surface area contributed by atoms with E-state index in [2.05, 4.69) is 37.2 Å². The Bertz CT molecular complexity index is 663. The molecule has 0 bridgehead atoms. The van der Waals surface area contributed by atoms with Crippen LogP contribution in [0.1, 0.15) is 21.5 Å². The molecule has 5 heteroatoms. The Morgan fingerprint density at radius 3 is 2.35 bits per heavy atom. The fourth-order valence-electron chi connectivity index (χ4n) is 1.82. The second-order valence-corrected chi connectivity index (χ2v) is 6.20. The molecule has 2 rings (SSSR count). The van der Waals surface area contributed by atoms with Crippen LogP contribution in [0.2, 0.25) is 0 Å². The van der Waals surface area contributed by atoms with Gasteiger partial charge >= 0.3 is 0 Å². The molecule has 1 amide bonds. The molecule has 2 aromatic carbocycles. The summed E-state index contributed by atoms with van der Waals surface area (Å²) < 4.78 is 15.4. The number of nitrogens with one attached hydrogen (secondary N) is 1. The van der Waals surface area contributed by atoms with E-state index in [1.165, 1.54) is 6.07 Å². The predicted molar refractivity (Wildman–Crippen MR) is 85.7 cm³/mol. The first-order valence-corrected chi connectivity index (χ1v) is 7.51. The maximum atomic E-state index is 13.9. The third-order valence-corrected chi connectivity index (χ3v) is 4.11. The highest BCUT2D eigenvalue weighted by molar-refractivity contribution is 9.11. The van der Waals surface area contributed by atoms with Crippen molar-refractivity contribution in [2.45, 2.75) is 13.8 Å². The van der Waals surface area contributed by atoms with Gasteiger partial charge in [-0.2, -0.15) is 0 Å². The summed E-state index contributed by atoms with van der Waals surface area (Å²) in [5.74, 6) is -0.971. The summed E-state index contributed by atoms with van der Waals surface area (Å²) in [6.45, 7) is 3.57. The number of hydrogen-bond donors (Lipinski definition) is 1. The second kappa shape index (κ2) is 6.06. The molecule has 104 valence electrons. The highest BCUT2D eigenvalue weighted by Gasteiger charge is 2.16. The largest absolute Gasteiger partial charge is 0.320 e. The van der Waals surface area contributed by atoms with Crippen LogP contribution in [0.4, 0.5) is 10.1 Å². The number of hydrogen-bond acceptors (Lipinski definition) is 1. The molecule has 0 atom stereocenters. The zero-order valence-corrected chi connectivity index (χ0v) is 14.1. The molecular formula is C15H12Br2FNO. The van der Waals surface area contributed by atoms with Gasteiger partial charge in [-0.15, -0.1) is 0 Å². The molecule has 0 aliphatic carbocycles. The maximum Gasteiger partial charge on any atom is 0.258 e. The summed E-state index contributed by atoms with van der Waals surface area (Å²) in [4.78, 5) is 12.2. The molecule has 0 radical (unpaired) electrons. The van der Waals surface area contributed by atoms with Crippen molar-refractivity contribution < 1.29 is 9.18 Å². The normalized spacial score (nSPS) is 10.4. The van der Waals surface area contributed by atoms with E-state index in [0.29, 0.717) is 11.3 Å². The van der Waals surface area contributed by atoms with Crippen molar-refractivity contribution in [2.75, 3.05) is 5.32 Å². The summed E-state index contributed by atoms with van der Waals surface area (Å²) in [6.07, 6.45) is 0. The monoisotopic (exact) mass is 399 g/mol. The Balaban J connectivity index is 2.36. The molecule has 2 nitrogen and oxygen atoms in total. The van der Waals surface area contributed by atoms with Crippen molar-refractivity contribution in [1.82, 2.24) is 0 Å². The van der Waals surface area contributed by atoms with Crippen LogP contribution in [0.15, 0.2) is 39.3 Å². The fraction of sp³-hybridized carbons (Fsp3) is 0.133. The highest BCUT2D eigenvalue weighted by Crippen LogP contribution is 2.32. The molecule has 0 aliphatic rings. The highest BCUT2D eigenvalue weighted by atomic mass is 79.9. The molecule has 0 heterocycles. The molecule has 0 saturated heterocycles. The van der Waals surface area contributed by atoms with Crippen LogP contribution in [0.5, 0.6) is 0 Å². The number of carbonyl (C=O) groups excluding carboxylic acids is 1. The molecule has 0 saturated carbocycles. The molecule has 1 N–H and O–H groups in total. The topological polar surface area (TPSA) is 29.1 Å². The first kappa shape index (κ1) is 15.2. The number of rotatable bonds is 2. The maximum absolute atomic E-state index is 13.9. The van der Waals surface area contributed by atoms with Gasteiger partial charge in [0.25, 0.3) is 5.91 Å². The van der Waals surface area contributed by atoms with Gasteiger partial charge in [-0.1, -0.05) is 12.1 Å². The van der Waals surface area contributed by atoms with Gasteiger partial charge in [-0.05, 0) is 75.0 Å². The summed E-state index contributed by atoms with van der Waals surface area (Å²) in [5, 5.41) is 2.72. The van der Waals surface area contributed by atoms with Gasteiger partial charge < -0.3 is 5.32 Å². The molecule has 0 aliphatic heterocycles. The van der Waals surface area contributed by atoms with Gasteiger partial charge in [0.15, 0.2) is 0 Å². The zero-order chi connectivity index (χ0) is 14.9. The van der Waals surface area contributed by atoms with Crippen LogP contribution in [-0.2, 0) is 0 Å². The first-order chi connectivity index (χ1) is 9.40. The molecule has 0 spiro atoms. The Morgan fingerprint density at radius 1 is 1.15 bits per heavy atom. The molecule has 2 aromatic rings. The Hall–Kier alpha value is -1.20. The second-order valence-electron chi connectivity index (χ2n) is 4.49. The number of benzene rings is 2.